The van der Waals surface area contributed by atoms with Crippen molar-refractivity contribution in [1.29, 1.82) is 0 Å². The molecule has 0 amide bonds. The van der Waals surface area contributed by atoms with Crippen LogP contribution in [0.5, 0.6) is 0 Å². The maximum Gasteiger partial charge on any atom is 0.417 e. The second-order valence-corrected chi connectivity index (χ2v) is 8.77. The summed E-state index contributed by atoms with van der Waals surface area (Å²) in [5.41, 5.74) is -2.28. The quantitative estimate of drug-likeness (QED) is 0.624. The molecular weight excluding hydrogens is 460 g/mol. The summed E-state index contributed by atoms with van der Waals surface area (Å²) in [4.78, 5) is 4.40. The lowest BCUT2D eigenvalue weighted by atomic mass is 10.2. The van der Waals surface area contributed by atoms with Crippen LogP contribution in [0.1, 0.15) is 11.1 Å². The molecule has 1 saturated heterocycles. The van der Waals surface area contributed by atoms with Crippen molar-refractivity contribution in [2.24, 2.45) is 0 Å². The Balaban J connectivity index is 1.78. The standard InChI is InChI=1S/C17H14ClF6N3O2S/c18-12-2-3-14(13(9-12)17(22,23)24)30(28,29)27-7-5-26(6-8-27)15-4-1-11(10-25-15)16(19,20)21/h1-4,9-10H,5-8H2. The maximum atomic E-state index is 13.3. The first kappa shape index (κ1) is 22.6. The van der Waals surface area contributed by atoms with Crippen molar-refractivity contribution in [3.8, 4) is 0 Å². The van der Waals surface area contributed by atoms with E-state index in [-0.39, 0.29) is 37.0 Å². The van der Waals surface area contributed by atoms with Crippen LogP contribution in [0.25, 0.3) is 0 Å². The Morgan fingerprint density at radius 3 is 2.03 bits per heavy atom. The molecule has 164 valence electrons. The minimum Gasteiger partial charge on any atom is -0.354 e. The Labute approximate surface area is 172 Å². The molecule has 1 fully saturated rings. The molecule has 0 aliphatic carbocycles. The molecule has 0 spiro atoms. The van der Waals surface area contributed by atoms with Crippen LogP contribution in [0.15, 0.2) is 41.4 Å². The summed E-state index contributed by atoms with van der Waals surface area (Å²) in [6.07, 6.45) is -8.78. The number of alkyl halides is 6. The van der Waals surface area contributed by atoms with Crippen molar-refractivity contribution >= 4 is 27.4 Å². The lowest BCUT2D eigenvalue weighted by molar-refractivity contribution is -0.140. The van der Waals surface area contributed by atoms with Crippen molar-refractivity contribution in [1.82, 2.24) is 9.29 Å². The molecule has 0 N–H and O–H groups in total. The third-order valence-corrected chi connectivity index (χ3v) is 6.69. The van der Waals surface area contributed by atoms with Gasteiger partial charge in [-0.25, -0.2) is 13.4 Å². The molecule has 1 aromatic heterocycles. The molecule has 0 bridgehead atoms. The zero-order chi connectivity index (χ0) is 22.3. The van der Waals surface area contributed by atoms with E-state index in [1.807, 2.05) is 0 Å². The Hall–Kier alpha value is -2.05. The summed E-state index contributed by atoms with van der Waals surface area (Å²) >= 11 is 5.59. The number of piperazine rings is 1. The van der Waals surface area contributed by atoms with E-state index in [9.17, 15) is 34.8 Å². The molecule has 1 aromatic carbocycles. The Kier molecular flexibility index (Phi) is 5.95. The van der Waals surface area contributed by atoms with Crippen LogP contribution in [0.2, 0.25) is 5.02 Å². The van der Waals surface area contributed by atoms with Crippen LogP contribution in [0, 0.1) is 0 Å². The van der Waals surface area contributed by atoms with Crippen molar-refractivity contribution in [2.45, 2.75) is 17.2 Å². The average Bonchev–Trinajstić information content (AvgIpc) is 2.66. The van der Waals surface area contributed by atoms with E-state index in [2.05, 4.69) is 4.98 Å². The van der Waals surface area contributed by atoms with Crippen LogP contribution < -0.4 is 4.90 Å². The fraction of sp³-hybridized carbons (Fsp3) is 0.353. The number of aromatic nitrogens is 1. The highest BCUT2D eigenvalue weighted by Crippen LogP contribution is 2.37. The van der Waals surface area contributed by atoms with Gasteiger partial charge in [-0.1, -0.05) is 11.6 Å². The minimum atomic E-state index is -4.92. The highest BCUT2D eigenvalue weighted by atomic mass is 35.5. The Morgan fingerprint density at radius 1 is 0.900 bits per heavy atom. The minimum absolute atomic E-state index is 0.0482. The van der Waals surface area contributed by atoms with Gasteiger partial charge in [0.05, 0.1) is 16.0 Å². The van der Waals surface area contributed by atoms with Crippen molar-refractivity contribution in [3.05, 3.63) is 52.7 Å². The molecule has 2 heterocycles. The molecule has 0 saturated carbocycles. The van der Waals surface area contributed by atoms with Gasteiger partial charge in [0.2, 0.25) is 10.0 Å². The Morgan fingerprint density at radius 2 is 1.53 bits per heavy atom. The summed E-state index contributed by atoms with van der Waals surface area (Å²) in [6.45, 7) is -0.227. The highest BCUT2D eigenvalue weighted by Gasteiger charge is 2.40. The van der Waals surface area contributed by atoms with Crippen molar-refractivity contribution < 1.29 is 34.8 Å². The highest BCUT2D eigenvalue weighted by molar-refractivity contribution is 7.89. The van der Waals surface area contributed by atoms with E-state index in [0.717, 1.165) is 28.6 Å². The fourth-order valence-electron chi connectivity index (χ4n) is 2.99. The summed E-state index contributed by atoms with van der Waals surface area (Å²) in [7, 11) is -4.47. The van der Waals surface area contributed by atoms with Crippen LogP contribution in [0.4, 0.5) is 32.2 Å². The molecule has 1 aliphatic heterocycles. The first-order valence-corrected chi connectivity index (χ1v) is 10.3. The van der Waals surface area contributed by atoms with Gasteiger partial charge in [0, 0.05) is 37.4 Å². The molecule has 0 atom stereocenters. The van der Waals surface area contributed by atoms with Crippen LogP contribution in [0.3, 0.4) is 0 Å². The number of hydrogen-bond donors (Lipinski definition) is 0. The first-order valence-electron chi connectivity index (χ1n) is 8.45. The molecule has 1 aliphatic rings. The van der Waals surface area contributed by atoms with Gasteiger partial charge < -0.3 is 4.90 Å². The lowest BCUT2D eigenvalue weighted by Crippen LogP contribution is -2.49. The largest absolute Gasteiger partial charge is 0.417 e. The van der Waals surface area contributed by atoms with Gasteiger partial charge >= 0.3 is 12.4 Å². The van der Waals surface area contributed by atoms with Crippen molar-refractivity contribution in [3.63, 3.8) is 0 Å². The van der Waals surface area contributed by atoms with E-state index in [4.69, 9.17) is 11.6 Å². The van der Waals surface area contributed by atoms with Gasteiger partial charge in [-0.2, -0.15) is 30.6 Å². The number of anilines is 1. The maximum absolute atomic E-state index is 13.3. The van der Waals surface area contributed by atoms with E-state index in [0.29, 0.717) is 12.3 Å². The predicted octanol–water partition coefficient (Wildman–Crippen LogP) is 4.28. The van der Waals surface area contributed by atoms with Gasteiger partial charge in [0.15, 0.2) is 0 Å². The third kappa shape index (κ3) is 4.65. The number of nitrogens with zero attached hydrogens (tertiary/aromatic N) is 3. The van der Waals surface area contributed by atoms with Gasteiger partial charge in [-0.05, 0) is 30.3 Å². The first-order chi connectivity index (χ1) is 13.8. The lowest BCUT2D eigenvalue weighted by Gasteiger charge is -2.35. The van der Waals surface area contributed by atoms with Crippen LogP contribution >= 0.6 is 11.6 Å². The van der Waals surface area contributed by atoms with Gasteiger partial charge in [-0.15, -0.1) is 0 Å². The molecule has 13 heteroatoms. The van der Waals surface area contributed by atoms with Crippen LogP contribution in [-0.2, 0) is 22.4 Å². The fourth-order valence-corrected chi connectivity index (χ4v) is 4.77. The zero-order valence-electron chi connectivity index (χ0n) is 15.0. The summed E-state index contributed by atoms with van der Waals surface area (Å²) in [6, 6.07) is 4.44. The van der Waals surface area contributed by atoms with Gasteiger partial charge in [-0.3, -0.25) is 0 Å². The number of pyridine rings is 1. The molecule has 0 unspecified atom stereocenters. The molecule has 3 rings (SSSR count). The number of halogens is 7. The van der Waals surface area contributed by atoms with E-state index >= 15 is 0 Å². The van der Waals surface area contributed by atoms with E-state index in [1.54, 1.807) is 4.90 Å². The molecule has 5 nitrogen and oxygen atoms in total. The zero-order valence-corrected chi connectivity index (χ0v) is 16.6. The molecule has 30 heavy (non-hydrogen) atoms. The summed E-state index contributed by atoms with van der Waals surface area (Å²) < 4.78 is 104. The topological polar surface area (TPSA) is 53.5 Å². The third-order valence-electron chi connectivity index (χ3n) is 4.50. The number of hydrogen-bond acceptors (Lipinski definition) is 4. The Bertz CT molecular complexity index is 1020. The SMILES string of the molecule is O=S(=O)(c1ccc(Cl)cc1C(F)(F)F)N1CCN(c2ccc(C(F)(F)F)cn2)CC1. The molecule has 2 aromatic rings. The number of benzene rings is 1. The second-order valence-electron chi connectivity index (χ2n) is 6.43. The number of sulfonamides is 1. The second kappa shape index (κ2) is 7.89. The molecule has 0 radical (unpaired) electrons. The average molecular weight is 474 g/mol. The monoisotopic (exact) mass is 473 g/mol. The normalized spacial score (nSPS) is 16.7. The van der Waals surface area contributed by atoms with Crippen LogP contribution in [-0.4, -0.2) is 43.9 Å². The van der Waals surface area contributed by atoms with Gasteiger partial charge in [0.1, 0.15) is 5.82 Å². The summed E-state index contributed by atoms with van der Waals surface area (Å²) in [5, 5.41) is -0.250. The predicted molar refractivity (Wildman–Crippen MR) is 96.7 cm³/mol. The van der Waals surface area contributed by atoms with Gasteiger partial charge in [0.25, 0.3) is 0 Å². The van der Waals surface area contributed by atoms with Crippen molar-refractivity contribution in [2.75, 3.05) is 31.1 Å². The summed E-state index contributed by atoms with van der Waals surface area (Å²) in [5.74, 6) is 0.211. The molecular formula is C17H14ClF6N3O2S. The smallest absolute Gasteiger partial charge is 0.354 e. The number of rotatable bonds is 3. The van der Waals surface area contributed by atoms with E-state index in [1.165, 1.54) is 0 Å². The van der Waals surface area contributed by atoms with E-state index < -0.39 is 38.4 Å².